The maximum absolute atomic E-state index is 12.8. The third kappa shape index (κ3) is 3.73. The Morgan fingerprint density at radius 3 is 2.62 bits per heavy atom. The molecule has 1 atom stereocenters. The van der Waals surface area contributed by atoms with E-state index in [1.165, 1.54) is 4.90 Å². The van der Waals surface area contributed by atoms with Gasteiger partial charge in [0.2, 0.25) is 0 Å². The van der Waals surface area contributed by atoms with E-state index in [0.717, 1.165) is 11.1 Å². The van der Waals surface area contributed by atoms with Crippen molar-refractivity contribution in [3.05, 3.63) is 82.0 Å². The van der Waals surface area contributed by atoms with Crippen LogP contribution in [0.4, 0.5) is 4.79 Å². The molecule has 1 aliphatic rings. The van der Waals surface area contributed by atoms with E-state index < -0.39 is 12.0 Å². The van der Waals surface area contributed by atoms with Crippen LogP contribution >= 0.6 is 11.6 Å². The molecule has 0 aliphatic carbocycles. The lowest BCUT2D eigenvalue weighted by Crippen LogP contribution is -2.46. The van der Waals surface area contributed by atoms with Gasteiger partial charge in [0.15, 0.2) is 0 Å². The van der Waals surface area contributed by atoms with E-state index in [-0.39, 0.29) is 12.6 Å². The second-order valence-electron chi connectivity index (χ2n) is 6.06. The van der Waals surface area contributed by atoms with Crippen LogP contribution in [0.15, 0.2) is 65.9 Å². The number of ether oxygens (including phenoxy) is 1. The molecule has 1 N–H and O–H groups in total. The zero-order valence-corrected chi connectivity index (χ0v) is 15.3. The molecule has 0 bridgehead atoms. The van der Waals surface area contributed by atoms with Crippen LogP contribution in [-0.4, -0.2) is 23.9 Å². The predicted octanol–water partition coefficient (Wildman–Crippen LogP) is 4.05. The number of amides is 2. The Morgan fingerprint density at radius 2 is 1.92 bits per heavy atom. The van der Waals surface area contributed by atoms with Crippen LogP contribution in [0.1, 0.15) is 24.1 Å². The Bertz CT molecular complexity index is 864. The maximum Gasteiger partial charge on any atom is 0.338 e. The first-order valence-corrected chi connectivity index (χ1v) is 8.56. The number of halogens is 1. The van der Waals surface area contributed by atoms with Gasteiger partial charge in [-0.05, 0) is 30.2 Å². The quantitative estimate of drug-likeness (QED) is 0.826. The van der Waals surface area contributed by atoms with Gasteiger partial charge in [-0.1, -0.05) is 54.1 Å². The standard InChI is InChI=1S/C20H19ClN2O3/c1-13-17(19(24)26-12-14-7-4-3-5-8-14)18(22-20(25)23(13)2)15-9-6-10-16(21)11-15/h3-11,18H,12H2,1-2H3,(H,22,25). The summed E-state index contributed by atoms with van der Waals surface area (Å²) in [7, 11) is 1.61. The van der Waals surface area contributed by atoms with E-state index >= 15 is 0 Å². The van der Waals surface area contributed by atoms with Crippen molar-refractivity contribution in [3.63, 3.8) is 0 Å². The summed E-state index contributed by atoms with van der Waals surface area (Å²) in [5, 5.41) is 3.37. The van der Waals surface area contributed by atoms with Gasteiger partial charge in [0, 0.05) is 17.8 Å². The number of nitrogens with zero attached hydrogens (tertiary/aromatic N) is 1. The van der Waals surface area contributed by atoms with Crippen molar-refractivity contribution in [2.45, 2.75) is 19.6 Å². The van der Waals surface area contributed by atoms with Crippen molar-refractivity contribution in [2.75, 3.05) is 7.05 Å². The van der Waals surface area contributed by atoms with Crippen molar-refractivity contribution in [1.82, 2.24) is 10.2 Å². The van der Waals surface area contributed by atoms with Gasteiger partial charge >= 0.3 is 12.0 Å². The smallest absolute Gasteiger partial charge is 0.338 e. The topological polar surface area (TPSA) is 58.6 Å². The van der Waals surface area contributed by atoms with Crippen LogP contribution in [0, 0.1) is 0 Å². The van der Waals surface area contributed by atoms with Crippen LogP contribution < -0.4 is 5.32 Å². The minimum absolute atomic E-state index is 0.163. The lowest BCUT2D eigenvalue weighted by atomic mass is 9.95. The van der Waals surface area contributed by atoms with E-state index in [0.29, 0.717) is 16.3 Å². The van der Waals surface area contributed by atoms with Gasteiger partial charge in [-0.15, -0.1) is 0 Å². The van der Waals surface area contributed by atoms with Crippen molar-refractivity contribution in [1.29, 1.82) is 0 Å². The first-order chi connectivity index (χ1) is 12.5. The number of rotatable bonds is 4. The zero-order chi connectivity index (χ0) is 18.7. The summed E-state index contributed by atoms with van der Waals surface area (Å²) in [6.45, 7) is 1.89. The number of urea groups is 1. The Balaban J connectivity index is 1.90. The lowest BCUT2D eigenvalue weighted by Gasteiger charge is -2.33. The number of benzene rings is 2. The number of hydrogen-bond acceptors (Lipinski definition) is 3. The molecule has 0 aromatic heterocycles. The van der Waals surface area contributed by atoms with Gasteiger partial charge in [-0.3, -0.25) is 0 Å². The van der Waals surface area contributed by atoms with Crippen LogP contribution in [0.3, 0.4) is 0 Å². The third-order valence-corrected chi connectivity index (χ3v) is 4.60. The molecule has 0 fully saturated rings. The van der Waals surface area contributed by atoms with Gasteiger partial charge in [0.25, 0.3) is 0 Å². The van der Waals surface area contributed by atoms with Gasteiger partial charge < -0.3 is 15.0 Å². The van der Waals surface area contributed by atoms with Crippen molar-refractivity contribution >= 4 is 23.6 Å². The van der Waals surface area contributed by atoms with Gasteiger partial charge in [-0.2, -0.15) is 0 Å². The van der Waals surface area contributed by atoms with E-state index in [1.54, 1.807) is 32.2 Å². The maximum atomic E-state index is 12.8. The molecular formula is C20H19ClN2O3. The van der Waals surface area contributed by atoms with Crippen molar-refractivity contribution < 1.29 is 14.3 Å². The summed E-state index contributed by atoms with van der Waals surface area (Å²) in [6, 6.07) is 15.6. The van der Waals surface area contributed by atoms with Crippen LogP contribution in [0.2, 0.25) is 5.02 Å². The second-order valence-corrected chi connectivity index (χ2v) is 6.49. The number of carbonyl (C=O) groups excluding carboxylic acids is 2. The van der Waals surface area contributed by atoms with Crippen molar-refractivity contribution in [2.24, 2.45) is 0 Å². The number of allylic oxidation sites excluding steroid dienone is 1. The second kappa shape index (κ2) is 7.62. The molecule has 1 heterocycles. The first kappa shape index (κ1) is 18.0. The largest absolute Gasteiger partial charge is 0.457 e. The fraction of sp³-hybridized carbons (Fsp3) is 0.200. The fourth-order valence-electron chi connectivity index (χ4n) is 2.84. The molecule has 6 heteroatoms. The molecule has 2 aromatic rings. The molecule has 0 spiro atoms. The summed E-state index contributed by atoms with van der Waals surface area (Å²) >= 11 is 6.08. The number of esters is 1. The monoisotopic (exact) mass is 370 g/mol. The molecule has 0 saturated heterocycles. The van der Waals surface area contributed by atoms with Crippen LogP contribution in [0.25, 0.3) is 0 Å². The molecule has 5 nitrogen and oxygen atoms in total. The Hall–Kier alpha value is -2.79. The molecule has 0 saturated carbocycles. The highest BCUT2D eigenvalue weighted by Crippen LogP contribution is 2.31. The average molecular weight is 371 g/mol. The van der Waals surface area contributed by atoms with Crippen LogP contribution in [0.5, 0.6) is 0 Å². The SMILES string of the molecule is CC1=C(C(=O)OCc2ccccc2)C(c2cccc(Cl)c2)NC(=O)N1C. The number of hydrogen-bond donors (Lipinski definition) is 1. The minimum Gasteiger partial charge on any atom is -0.457 e. The highest BCUT2D eigenvalue weighted by molar-refractivity contribution is 6.30. The first-order valence-electron chi connectivity index (χ1n) is 8.19. The zero-order valence-electron chi connectivity index (χ0n) is 14.5. The number of nitrogens with one attached hydrogen (secondary N) is 1. The van der Waals surface area contributed by atoms with Gasteiger partial charge in [0.05, 0.1) is 11.6 Å². The summed E-state index contributed by atoms with van der Waals surface area (Å²) in [6.07, 6.45) is 0. The molecule has 1 unspecified atom stereocenters. The highest BCUT2D eigenvalue weighted by atomic mass is 35.5. The van der Waals surface area contributed by atoms with Crippen molar-refractivity contribution in [3.8, 4) is 0 Å². The fourth-order valence-corrected chi connectivity index (χ4v) is 3.04. The van der Waals surface area contributed by atoms with E-state index in [9.17, 15) is 9.59 Å². The molecule has 26 heavy (non-hydrogen) atoms. The number of carbonyl (C=O) groups is 2. The van der Waals surface area contributed by atoms with E-state index in [2.05, 4.69) is 5.32 Å². The summed E-state index contributed by atoms with van der Waals surface area (Å²) in [5.41, 5.74) is 2.57. The molecule has 1 aliphatic heterocycles. The Morgan fingerprint density at radius 1 is 1.19 bits per heavy atom. The summed E-state index contributed by atoms with van der Waals surface area (Å²) in [5.74, 6) is -0.469. The molecular weight excluding hydrogens is 352 g/mol. The highest BCUT2D eigenvalue weighted by Gasteiger charge is 2.35. The van der Waals surface area contributed by atoms with Gasteiger partial charge in [0.1, 0.15) is 6.61 Å². The molecule has 3 rings (SSSR count). The Kier molecular flexibility index (Phi) is 5.28. The Labute approximate surface area is 157 Å². The molecule has 134 valence electrons. The van der Waals surface area contributed by atoms with E-state index in [4.69, 9.17) is 16.3 Å². The van der Waals surface area contributed by atoms with E-state index in [1.807, 2.05) is 36.4 Å². The lowest BCUT2D eigenvalue weighted by molar-refractivity contribution is -0.141. The molecule has 2 aromatic carbocycles. The summed E-state index contributed by atoms with van der Waals surface area (Å²) in [4.78, 5) is 26.4. The van der Waals surface area contributed by atoms with Gasteiger partial charge in [-0.25, -0.2) is 9.59 Å². The minimum atomic E-state index is -0.610. The predicted molar refractivity (Wildman–Crippen MR) is 99.4 cm³/mol. The molecule has 2 amide bonds. The average Bonchev–Trinajstić information content (AvgIpc) is 2.64. The normalized spacial score (nSPS) is 17.1. The summed E-state index contributed by atoms with van der Waals surface area (Å²) < 4.78 is 5.50. The molecule has 0 radical (unpaired) electrons. The third-order valence-electron chi connectivity index (χ3n) is 4.37. The van der Waals surface area contributed by atoms with Crippen LogP contribution in [-0.2, 0) is 16.1 Å².